The third kappa shape index (κ3) is 4.82. The zero-order chi connectivity index (χ0) is 35.6. The number of phenolic OH excluding ortho intramolecular Hbond substituents is 1. The zero-order valence-electron chi connectivity index (χ0n) is 29.8. The van der Waals surface area contributed by atoms with E-state index in [1.807, 2.05) is 6.07 Å². The number of fused-ring (bicyclic) bond motifs is 4. The molecule has 0 atom stereocenters. The van der Waals surface area contributed by atoms with Crippen LogP contribution in [0.1, 0.15) is 38.8 Å². The van der Waals surface area contributed by atoms with Crippen molar-refractivity contribution in [1.29, 1.82) is 0 Å². The van der Waals surface area contributed by atoms with E-state index in [9.17, 15) is 5.11 Å². The molecular weight excluding hydrogens is 635 g/mol. The lowest BCUT2D eigenvalue weighted by atomic mass is 9.56. The molecular formula is C48H39N3O. The highest BCUT2D eigenvalue weighted by atomic mass is 16.3. The van der Waals surface area contributed by atoms with Gasteiger partial charge in [0, 0.05) is 33.9 Å². The van der Waals surface area contributed by atoms with Crippen LogP contribution >= 0.6 is 0 Å². The second kappa shape index (κ2) is 11.9. The Morgan fingerprint density at radius 3 is 1.79 bits per heavy atom. The van der Waals surface area contributed by atoms with Gasteiger partial charge < -0.3 is 5.11 Å². The molecule has 0 unspecified atom stereocenters. The zero-order valence-corrected chi connectivity index (χ0v) is 29.8. The molecule has 0 radical (unpaired) electrons. The largest absolute Gasteiger partial charge is 0.507 e. The van der Waals surface area contributed by atoms with Crippen LogP contribution < -0.4 is 0 Å². The van der Waals surface area contributed by atoms with Gasteiger partial charge in [0.2, 0.25) is 0 Å². The minimum Gasteiger partial charge on any atom is -0.507 e. The Morgan fingerprint density at radius 1 is 0.500 bits per heavy atom. The van der Waals surface area contributed by atoms with Crippen LogP contribution in [0.2, 0.25) is 0 Å². The second-order valence-electron chi connectivity index (χ2n) is 14.8. The molecule has 6 aromatic carbocycles. The van der Waals surface area contributed by atoms with Crippen LogP contribution in [0, 0.1) is 0 Å². The summed E-state index contributed by atoms with van der Waals surface area (Å²) in [6, 6.07) is 52.7. The van der Waals surface area contributed by atoms with Crippen LogP contribution in [0.5, 0.6) is 5.75 Å². The number of hydrogen-bond donors (Lipinski definition) is 1. The number of imidazole rings is 1. The van der Waals surface area contributed by atoms with Gasteiger partial charge in [-0.1, -0.05) is 167 Å². The first-order chi connectivity index (χ1) is 25.2. The van der Waals surface area contributed by atoms with Gasteiger partial charge >= 0.3 is 0 Å². The number of aromatic nitrogens is 3. The molecule has 1 aliphatic rings. The molecule has 252 valence electrons. The van der Waals surface area contributed by atoms with E-state index in [-0.39, 0.29) is 16.6 Å². The SMILES string of the molecule is CC1(C)c2ccc(-c3cn(-c4c(-c5ccccc5)cccc4-c4ccccc4)c(-c4cccc5ccccc45)n3)nc2-c2c(O)cccc2C1(C)C. The average molecular weight is 674 g/mol. The smallest absolute Gasteiger partial charge is 0.145 e. The summed E-state index contributed by atoms with van der Waals surface area (Å²) in [6.07, 6.45) is 2.14. The van der Waals surface area contributed by atoms with Crippen molar-refractivity contribution in [2.45, 2.75) is 38.5 Å². The molecule has 1 aliphatic carbocycles. The Hall–Kier alpha value is -6.26. The highest BCUT2D eigenvalue weighted by molar-refractivity contribution is 5.97. The van der Waals surface area contributed by atoms with E-state index in [0.29, 0.717) is 0 Å². The molecule has 0 aliphatic heterocycles. The highest BCUT2D eigenvalue weighted by Crippen LogP contribution is 2.55. The first kappa shape index (κ1) is 31.7. The summed E-state index contributed by atoms with van der Waals surface area (Å²) in [5.41, 5.74) is 11.4. The van der Waals surface area contributed by atoms with Gasteiger partial charge in [0.05, 0.1) is 17.1 Å². The fraction of sp³-hybridized carbons (Fsp3) is 0.125. The van der Waals surface area contributed by atoms with Gasteiger partial charge in [0.25, 0.3) is 0 Å². The number of nitrogens with zero attached hydrogens (tertiary/aromatic N) is 3. The molecule has 1 N–H and O–H groups in total. The van der Waals surface area contributed by atoms with Gasteiger partial charge in [-0.25, -0.2) is 9.97 Å². The van der Waals surface area contributed by atoms with Crippen molar-refractivity contribution in [2.24, 2.45) is 0 Å². The molecule has 4 nitrogen and oxygen atoms in total. The molecule has 52 heavy (non-hydrogen) atoms. The van der Waals surface area contributed by atoms with Gasteiger partial charge in [-0.05, 0) is 50.6 Å². The summed E-state index contributed by atoms with van der Waals surface area (Å²) in [5.74, 6) is 1.08. The molecule has 0 fully saturated rings. The fourth-order valence-electron chi connectivity index (χ4n) is 8.07. The Morgan fingerprint density at radius 2 is 1.08 bits per heavy atom. The van der Waals surface area contributed by atoms with E-state index >= 15 is 0 Å². The molecule has 2 aromatic heterocycles. The number of benzene rings is 6. The maximum absolute atomic E-state index is 11.3. The Bertz CT molecular complexity index is 2570. The maximum Gasteiger partial charge on any atom is 0.145 e. The molecule has 0 amide bonds. The fourth-order valence-corrected chi connectivity index (χ4v) is 8.07. The van der Waals surface area contributed by atoms with Crippen LogP contribution in [0.3, 0.4) is 0 Å². The van der Waals surface area contributed by atoms with Crippen molar-refractivity contribution in [1.82, 2.24) is 14.5 Å². The van der Waals surface area contributed by atoms with Crippen molar-refractivity contribution in [3.05, 3.63) is 169 Å². The molecule has 9 rings (SSSR count). The molecule has 0 saturated heterocycles. The van der Waals surface area contributed by atoms with Gasteiger partial charge in [0.1, 0.15) is 17.3 Å². The summed E-state index contributed by atoms with van der Waals surface area (Å²) < 4.78 is 2.27. The molecule has 2 heterocycles. The normalized spacial score (nSPS) is 14.2. The lowest BCUT2D eigenvalue weighted by Gasteiger charge is -2.47. The highest BCUT2D eigenvalue weighted by Gasteiger charge is 2.47. The number of pyridine rings is 1. The van der Waals surface area contributed by atoms with E-state index in [0.717, 1.165) is 83.9 Å². The summed E-state index contributed by atoms with van der Waals surface area (Å²) in [4.78, 5) is 10.9. The summed E-state index contributed by atoms with van der Waals surface area (Å²) >= 11 is 0. The van der Waals surface area contributed by atoms with Crippen molar-refractivity contribution < 1.29 is 5.11 Å². The van der Waals surface area contributed by atoms with Gasteiger partial charge in [-0.3, -0.25) is 4.57 Å². The predicted molar refractivity (Wildman–Crippen MR) is 214 cm³/mol. The minimum atomic E-state index is -0.235. The van der Waals surface area contributed by atoms with E-state index in [4.69, 9.17) is 9.97 Å². The van der Waals surface area contributed by atoms with E-state index in [1.54, 1.807) is 6.07 Å². The number of para-hydroxylation sites is 1. The number of phenols is 1. The summed E-state index contributed by atoms with van der Waals surface area (Å²) in [7, 11) is 0. The molecule has 0 bridgehead atoms. The minimum absolute atomic E-state index is 0.227. The monoisotopic (exact) mass is 673 g/mol. The van der Waals surface area contributed by atoms with Crippen LogP contribution in [-0.4, -0.2) is 19.6 Å². The van der Waals surface area contributed by atoms with Crippen molar-refractivity contribution in [3.63, 3.8) is 0 Å². The van der Waals surface area contributed by atoms with E-state index < -0.39 is 0 Å². The maximum atomic E-state index is 11.3. The topological polar surface area (TPSA) is 50.9 Å². The molecule has 0 spiro atoms. The molecule has 8 aromatic rings. The summed E-state index contributed by atoms with van der Waals surface area (Å²) in [5, 5.41) is 13.6. The van der Waals surface area contributed by atoms with Crippen molar-refractivity contribution >= 4 is 10.8 Å². The number of rotatable bonds is 5. The number of hydrogen-bond acceptors (Lipinski definition) is 3. The Kier molecular flexibility index (Phi) is 7.27. The average Bonchev–Trinajstić information content (AvgIpc) is 3.62. The predicted octanol–water partition coefficient (Wildman–Crippen LogP) is 12.0. The van der Waals surface area contributed by atoms with Gasteiger partial charge in [0.15, 0.2) is 0 Å². The third-order valence-electron chi connectivity index (χ3n) is 11.5. The van der Waals surface area contributed by atoms with E-state index in [1.165, 1.54) is 0 Å². The Balaban J connectivity index is 1.35. The van der Waals surface area contributed by atoms with Gasteiger partial charge in [-0.15, -0.1) is 0 Å². The lowest BCUT2D eigenvalue weighted by Crippen LogP contribution is -2.43. The van der Waals surface area contributed by atoms with Crippen LogP contribution in [0.25, 0.3) is 72.7 Å². The summed E-state index contributed by atoms with van der Waals surface area (Å²) in [6.45, 7) is 9.07. The standard InChI is InChI=1S/C48H39N3O/c1-47(2)38-26-15-27-42(52)43(38)44-39(48(47,3)4)28-29-40(49-44)41-30-51(46(50-41)37-25-13-21-31-20-11-12-22-34(31)37)45-35(32-16-7-5-8-17-32)23-14-24-36(45)33-18-9-6-10-19-33/h5-30,52H,1-4H3. The van der Waals surface area contributed by atoms with Crippen LogP contribution in [-0.2, 0) is 10.8 Å². The van der Waals surface area contributed by atoms with Crippen LogP contribution in [0.15, 0.2) is 158 Å². The molecule has 0 saturated carbocycles. The lowest BCUT2D eigenvalue weighted by molar-refractivity contribution is 0.296. The van der Waals surface area contributed by atoms with Crippen molar-refractivity contribution in [2.75, 3.05) is 0 Å². The third-order valence-corrected chi connectivity index (χ3v) is 11.5. The van der Waals surface area contributed by atoms with E-state index in [2.05, 4.69) is 178 Å². The Labute approximate surface area is 304 Å². The van der Waals surface area contributed by atoms with Crippen LogP contribution in [0.4, 0.5) is 0 Å². The van der Waals surface area contributed by atoms with Crippen molar-refractivity contribution in [3.8, 4) is 67.7 Å². The second-order valence-corrected chi connectivity index (χ2v) is 14.8. The quantitative estimate of drug-likeness (QED) is 0.198. The number of aromatic hydroxyl groups is 1. The first-order valence-electron chi connectivity index (χ1n) is 17.9. The molecule has 4 heteroatoms. The van der Waals surface area contributed by atoms with Gasteiger partial charge in [-0.2, -0.15) is 0 Å². The first-order valence-corrected chi connectivity index (χ1v) is 17.9.